The fourth-order valence-corrected chi connectivity index (χ4v) is 2.20. The van der Waals surface area contributed by atoms with E-state index in [9.17, 15) is 20.2 Å². The zero-order valence-corrected chi connectivity index (χ0v) is 15.1. The number of hydrogen-bond donors (Lipinski definition) is 2. The van der Waals surface area contributed by atoms with E-state index in [0.29, 0.717) is 5.69 Å². The Bertz CT molecular complexity index is 904. The van der Waals surface area contributed by atoms with Crippen LogP contribution in [-0.2, 0) is 4.79 Å². The molecule has 8 nitrogen and oxygen atoms in total. The molecule has 2 aromatic carbocycles. The smallest absolute Gasteiger partial charge is 0.273 e. The van der Waals surface area contributed by atoms with E-state index in [2.05, 4.69) is 26.6 Å². The van der Waals surface area contributed by atoms with Gasteiger partial charge in [0.15, 0.2) is 0 Å². The fourth-order valence-electron chi connectivity index (χ4n) is 1.94. The number of nitriles is 1. The van der Waals surface area contributed by atoms with Gasteiger partial charge in [0.25, 0.3) is 11.6 Å². The first kappa shape index (κ1) is 19.0. The van der Waals surface area contributed by atoms with Crippen molar-refractivity contribution < 1.29 is 14.5 Å². The fraction of sp³-hybridized carbons (Fsp3) is 0.0588. The molecule has 9 heteroatoms. The number of non-ortho nitro benzene ring substituents is 1. The number of nitro groups is 1. The first-order valence-corrected chi connectivity index (χ1v) is 8.00. The highest BCUT2D eigenvalue weighted by Gasteiger charge is 2.15. The van der Waals surface area contributed by atoms with Crippen molar-refractivity contribution in [1.29, 1.82) is 5.26 Å². The van der Waals surface area contributed by atoms with Gasteiger partial charge in [-0.2, -0.15) is 5.26 Å². The highest BCUT2D eigenvalue weighted by atomic mass is 79.9. The number of nitrogens with zero attached hydrogens (tertiary/aromatic N) is 2. The normalized spacial score (nSPS) is 10.6. The van der Waals surface area contributed by atoms with Gasteiger partial charge in [0.2, 0.25) is 0 Å². The zero-order chi connectivity index (χ0) is 19.1. The van der Waals surface area contributed by atoms with Gasteiger partial charge in [0, 0.05) is 22.4 Å². The second kappa shape index (κ2) is 8.64. The monoisotopic (exact) mass is 416 g/mol. The van der Waals surface area contributed by atoms with Crippen molar-refractivity contribution in [3.8, 4) is 11.8 Å². The molecule has 132 valence electrons. The summed E-state index contributed by atoms with van der Waals surface area (Å²) in [6, 6.07) is 12.7. The summed E-state index contributed by atoms with van der Waals surface area (Å²) in [7, 11) is 1.32. The standard InChI is InChI=1S/C17H13BrN4O4/c1-26-16-8-14(22(24)25)6-7-15(16)21-17(23)11(9-19)10-20-13-4-2-12(18)3-5-13/h2-8,10,20H,1H3,(H,21,23)/b11-10-. The predicted octanol–water partition coefficient (Wildman–Crippen LogP) is 3.82. The van der Waals surface area contributed by atoms with Gasteiger partial charge in [-0.1, -0.05) is 15.9 Å². The van der Waals surface area contributed by atoms with E-state index < -0.39 is 10.8 Å². The number of amides is 1. The lowest BCUT2D eigenvalue weighted by Crippen LogP contribution is -2.15. The van der Waals surface area contributed by atoms with Gasteiger partial charge < -0.3 is 15.4 Å². The number of halogens is 1. The van der Waals surface area contributed by atoms with Gasteiger partial charge in [0.05, 0.1) is 23.8 Å². The number of nitro benzene ring substituents is 1. The van der Waals surface area contributed by atoms with Crippen LogP contribution in [0.4, 0.5) is 17.1 Å². The number of hydrogen-bond acceptors (Lipinski definition) is 6. The van der Waals surface area contributed by atoms with Gasteiger partial charge in [0.1, 0.15) is 17.4 Å². The number of anilines is 2. The Labute approximate surface area is 157 Å². The van der Waals surface area contributed by atoms with Crippen molar-refractivity contribution in [3.63, 3.8) is 0 Å². The first-order chi connectivity index (χ1) is 12.4. The van der Waals surface area contributed by atoms with Crippen molar-refractivity contribution in [1.82, 2.24) is 0 Å². The molecule has 0 aliphatic carbocycles. The van der Waals surface area contributed by atoms with Crippen molar-refractivity contribution in [2.45, 2.75) is 0 Å². The minimum absolute atomic E-state index is 0.116. The molecule has 0 aromatic heterocycles. The lowest BCUT2D eigenvalue weighted by molar-refractivity contribution is -0.384. The molecule has 0 bridgehead atoms. The van der Waals surface area contributed by atoms with Gasteiger partial charge in [-0.15, -0.1) is 0 Å². The summed E-state index contributed by atoms with van der Waals surface area (Å²) >= 11 is 3.31. The Kier molecular flexibility index (Phi) is 6.30. The third kappa shape index (κ3) is 4.81. The average molecular weight is 417 g/mol. The van der Waals surface area contributed by atoms with Crippen molar-refractivity contribution in [2.24, 2.45) is 0 Å². The van der Waals surface area contributed by atoms with Crippen molar-refractivity contribution in [3.05, 3.63) is 68.8 Å². The van der Waals surface area contributed by atoms with Crippen LogP contribution in [0.1, 0.15) is 0 Å². The van der Waals surface area contributed by atoms with Crippen LogP contribution in [0, 0.1) is 21.4 Å². The molecule has 0 spiro atoms. The van der Waals surface area contributed by atoms with Crippen LogP contribution >= 0.6 is 15.9 Å². The summed E-state index contributed by atoms with van der Waals surface area (Å²) in [5, 5.41) is 25.3. The van der Waals surface area contributed by atoms with Gasteiger partial charge in [-0.25, -0.2) is 0 Å². The van der Waals surface area contributed by atoms with Crippen LogP contribution in [0.2, 0.25) is 0 Å². The largest absolute Gasteiger partial charge is 0.494 e. The molecular formula is C17H13BrN4O4. The second-order valence-electron chi connectivity index (χ2n) is 4.92. The molecule has 2 rings (SSSR count). The Morgan fingerprint density at radius 2 is 2.00 bits per heavy atom. The van der Waals surface area contributed by atoms with Gasteiger partial charge in [-0.05, 0) is 30.3 Å². The molecule has 0 heterocycles. The number of benzene rings is 2. The Morgan fingerprint density at radius 1 is 1.31 bits per heavy atom. The SMILES string of the molecule is COc1cc([N+](=O)[O-])ccc1NC(=O)/C(C#N)=C\Nc1ccc(Br)cc1. The van der Waals surface area contributed by atoms with E-state index in [1.54, 1.807) is 18.2 Å². The zero-order valence-electron chi connectivity index (χ0n) is 13.5. The summed E-state index contributed by atoms with van der Waals surface area (Å²) in [6.45, 7) is 0. The molecule has 2 aromatic rings. The molecule has 0 saturated carbocycles. The molecule has 26 heavy (non-hydrogen) atoms. The third-order valence-corrected chi connectivity index (χ3v) is 3.77. The summed E-state index contributed by atoms with van der Waals surface area (Å²) in [4.78, 5) is 22.5. The van der Waals surface area contributed by atoms with Crippen LogP contribution in [0.25, 0.3) is 0 Å². The van der Waals surface area contributed by atoms with Crippen LogP contribution < -0.4 is 15.4 Å². The Hall–Kier alpha value is -3.38. The molecule has 0 aliphatic heterocycles. The number of carbonyl (C=O) groups excluding carboxylic acids is 1. The second-order valence-corrected chi connectivity index (χ2v) is 5.83. The summed E-state index contributed by atoms with van der Waals surface area (Å²) in [6.07, 6.45) is 1.27. The van der Waals surface area contributed by atoms with Gasteiger partial charge >= 0.3 is 0 Å². The van der Waals surface area contributed by atoms with E-state index in [4.69, 9.17) is 4.74 Å². The molecule has 0 unspecified atom stereocenters. The van der Waals surface area contributed by atoms with E-state index in [0.717, 1.165) is 4.47 Å². The number of methoxy groups -OCH3 is 1. The van der Waals surface area contributed by atoms with E-state index in [1.165, 1.54) is 31.5 Å². The molecule has 0 atom stereocenters. The van der Waals surface area contributed by atoms with Gasteiger partial charge in [-0.3, -0.25) is 14.9 Å². The quantitative estimate of drug-likeness (QED) is 0.319. The number of nitrogens with one attached hydrogen (secondary N) is 2. The molecule has 1 amide bonds. The lowest BCUT2D eigenvalue weighted by Gasteiger charge is -2.09. The van der Waals surface area contributed by atoms with Crippen LogP contribution in [-0.4, -0.2) is 17.9 Å². The highest BCUT2D eigenvalue weighted by Crippen LogP contribution is 2.29. The molecule has 0 saturated heterocycles. The predicted molar refractivity (Wildman–Crippen MR) is 99.7 cm³/mol. The number of ether oxygens (including phenoxy) is 1. The first-order valence-electron chi connectivity index (χ1n) is 7.20. The van der Waals surface area contributed by atoms with Crippen LogP contribution in [0.5, 0.6) is 5.75 Å². The lowest BCUT2D eigenvalue weighted by atomic mass is 10.2. The van der Waals surface area contributed by atoms with E-state index in [-0.39, 0.29) is 22.7 Å². The topological polar surface area (TPSA) is 117 Å². The maximum atomic E-state index is 12.3. The average Bonchev–Trinajstić information content (AvgIpc) is 2.63. The van der Waals surface area contributed by atoms with Crippen LogP contribution in [0.15, 0.2) is 58.7 Å². The van der Waals surface area contributed by atoms with E-state index in [1.807, 2.05) is 12.1 Å². The maximum Gasteiger partial charge on any atom is 0.273 e. The van der Waals surface area contributed by atoms with Crippen molar-refractivity contribution in [2.75, 3.05) is 17.7 Å². The maximum absolute atomic E-state index is 12.3. The minimum atomic E-state index is -0.677. The molecule has 0 radical (unpaired) electrons. The summed E-state index contributed by atoms with van der Waals surface area (Å²) in [5.41, 5.74) is 0.565. The van der Waals surface area contributed by atoms with E-state index >= 15 is 0 Å². The summed E-state index contributed by atoms with van der Waals surface area (Å²) in [5.74, 6) is -0.560. The molecule has 2 N–H and O–H groups in total. The van der Waals surface area contributed by atoms with Crippen molar-refractivity contribution >= 4 is 38.9 Å². The molecule has 0 aliphatic rings. The molecular weight excluding hydrogens is 404 g/mol. The number of rotatable bonds is 6. The number of carbonyl (C=O) groups is 1. The van der Waals surface area contributed by atoms with Crippen LogP contribution in [0.3, 0.4) is 0 Å². The minimum Gasteiger partial charge on any atom is -0.494 e. The highest BCUT2D eigenvalue weighted by molar-refractivity contribution is 9.10. The third-order valence-electron chi connectivity index (χ3n) is 3.24. The molecule has 0 fully saturated rings. The Balaban J connectivity index is 2.16. The Morgan fingerprint density at radius 3 is 2.58 bits per heavy atom. The summed E-state index contributed by atoms with van der Waals surface area (Å²) < 4.78 is 5.95.